The number of carbonyl (C=O) groups is 1. The van der Waals surface area contributed by atoms with E-state index in [0.717, 1.165) is 30.1 Å². The third kappa shape index (κ3) is 8.17. The first-order chi connectivity index (χ1) is 16.6. The molecule has 0 aliphatic heterocycles. The maximum Gasteiger partial charge on any atom is 0.343 e. The van der Waals surface area contributed by atoms with E-state index in [2.05, 4.69) is 6.92 Å². The van der Waals surface area contributed by atoms with Crippen molar-refractivity contribution in [2.45, 2.75) is 77.6 Å². The van der Waals surface area contributed by atoms with Crippen LogP contribution in [0.25, 0.3) is 0 Å². The highest BCUT2D eigenvalue weighted by Crippen LogP contribution is 2.34. The van der Waals surface area contributed by atoms with E-state index in [0.29, 0.717) is 12.2 Å². The maximum atomic E-state index is 13.7. The van der Waals surface area contributed by atoms with E-state index in [1.165, 1.54) is 76.3 Å². The normalized spacial score (nSPS) is 17.7. The molecule has 182 valence electrons. The van der Waals surface area contributed by atoms with Gasteiger partial charge in [0.1, 0.15) is 23.4 Å². The molecule has 0 bridgehead atoms. The van der Waals surface area contributed by atoms with Gasteiger partial charge in [0, 0.05) is 6.07 Å². The third-order valence-electron chi connectivity index (χ3n) is 6.82. The van der Waals surface area contributed by atoms with Gasteiger partial charge in [0.05, 0.1) is 17.7 Å². The monoisotopic (exact) mass is 465 g/mol. The van der Waals surface area contributed by atoms with E-state index in [-0.39, 0.29) is 11.3 Å². The van der Waals surface area contributed by atoms with Crippen molar-refractivity contribution < 1.29 is 18.7 Å². The van der Waals surface area contributed by atoms with Gasteiger partial charge in [0.25, 0.3) is 0 Å². The Morgan fingerprint density at radius 2 is 1.59 bits per heavy atom. The molecule has 2 aromatic carbocycles. The summed E-state index contributed by atoms with van der Waals surface area (Å²) in [7, 11) is 0. The third-order valence-corrected chi connectivity index (χ3v) is 6.82. The molecule has 3 rings (SSSR count). The van der Waals surface area contributed by atoms with E-state index >= 15 is 0 Å². The van der Waals surface area contributed by atoms with Crippen LogP contribution in [0.1, 0.15) is 93.5 Å². The molecule has 0 radical (unpaired) electrons. The predicted molar refractivity (Wildman–Crippen MR) is 131 cm³/mol. The number of benzene rings is 2. The fraction of sp³-hybridized carbons (Fsp3) is 0.517. The SMILES string of the molecule is CCCCCCC1CCC(CCCOc2ccc(C(=O)Oc3ccc(C#N)c(F)c3)cc2)CC1. The second-order valence-electron chi connectivity index (χ2n) is 9.39. The first kappa shape index (κ1) is 25.7. The van der Waals surface area contributed by atoms with Crippen molar-refractivity contribution in [3.63, 3.8) is 0 Å². The quantitative estimate of drug-likeness (QED) is 0.182. The Morgan fingerprint density at radius 1 is 0.941 bits per heavy atom. The number of rotatable bonds is 12. The van der Waals surface area contributed by atoms with Gasteiger partial charge in [0.15, 0.2) is 0 Å². The Labute approximate surface area is 203 Å². The molecule has 1 fully saturated rings. The van der Waals surface area contributed by atoms with Crippen LogP contribution in [0.4, 0.5) is 4.39 Å². The number of nitriles is 1. The highest BCUT2D eigenvalue weighted by Gasteiger charge is 2.20. The maximum absolute atomic E-state index is 13.7. The first-order valence-corrected chi connectivity index (χ1v) is 12.7. The number of nitrogens with zero attached hydrogens (tertiary/aromatic N) is 1. The summed E-state index contributed by atoms with van der Waals surface area (Å²) in [5.74, 6) is 1.26. The summed E-state index contributed by atoms with van der Waals surface area (Å²) in [6.45, 7) is 2.94. The van der Waals surface area contributed by atoms with Crippen LogP contribution in [-0.2, 0) is 0 Å². The lowest BCUT2D eigenvalue weighted by Gasteiger charge is -2.28. The number of ether oxygens (including phenoxy) is 2. The lowest BCUT2D eigenvalue weighted by Crippen LogP contribution is -2.15. The summed E-state index contributed by atoms with van der Waals surface area (Å²) in [5.41, 5.74) is 0.260. The molecule has 2 aromatic rings. The van der Waals surface area contributed by atoms with Gasteiger partial charge in [-0.2, -0.15) is 5.26 Å². The summed E-state index contributed by atoms with van der Waals surface area (Å²) in [6.07, 6.45) is 14.7. The van der Waals surface area contributed by atoms with Crippen LogP contribution in [0.3, 0.4) is 0 Å². The van der Waals surface area contributed by atoms with Crippen molar-refractivity contribution in [1.29, 1.82) is 5.26 Å². The summed E-state index contributed by atoms with van der Waals surface area (Å²) in [5, 5.41) is 8.78. The number of hydrogen-bond acceptors (Lipinski definition) is 4. The van der Waals surface area contributed by atoms with Crippen molar-refractivity contribution in [2.75, 3.05) is 6.61 Å². The fourth-order valence-corrected chi connectivity index (χ4v) is 4.73. The molecule has 0 aromatic heterocycles. The number of unbranched alkanes of at least 4 members (excludes halogenated alkanes) is 3. The standard InChI is InChI=1S/C29H36FNO3/c1-2-3-4-5-7-22-9-11-23(12-10-22)8-6-19-33-26-16-13-24(14-17-26)29(32)34-27-18-15-25(21-31)28(30)20-27/h13-18,20,22-23H,2-12,19H2,1H3. The van der Waals surface area contributed by atoms with Gasteiger partial charge in [0.2, 0.25) is 0 Å². The molecule has 34 heavy (non-hydrogen) atoms. The largest absolute Gasteiger partial charge is 0.494 e. The summed E-state index contributed by atoms with van der Waals surface area (Å²) >= 11 is 0. The van der Waals surface area contributed by atoms with E-state index in [1.807, 2.05) is 0 Å². The lowest BCUT2D eigenvalue weighted by molar-refractivity contribution is 0.0734. The number of hydrogen-bond donors (Lipinski definition) is 0. The molecular weight excluding hydrogens is 429 g/mol. The minimum Gasteiger partial charge on any atom is -0.494 e. The number of carbonyl (C=O) groups excluding carboxylic acids is 1. The van der Waals surface area contributed by atoms with Crippen molar-refractivity contribution >= 4 is 5.97 Å². The summed E-state index contributed by atoms with van der Waals surface area (Å²) in [6, 6.07) is 12.2. The van der Waals surface area contributed by atoms with Gasteiger partial charge >= 0.3 is 5.97 Å². The van der Waals surface area contributed by atoms with Crippen molar-refractivity contribution in [2.24, 2.45) is 11.8 Å². The van der Waals surface area contributed by atoms with E-state index in [9.17, 15) is 9.18 Å². The van der Waals surface area contributed by atoms with Crippen molar-refractivity contribution in [1.82, 2.24) is 0 Å². The van der Waals surface area contributed by atoms with Gasteiger partial charge in [-0.25, -0.2) is 9.18 Å². The Bertz CT molecular complexity index is 943. The zero-order valence-corrected chi connectivity index (χ0v) is 20.2. The molecular formula is C29H36FNO3. The average Bonchev–Trinajstić information content (AvgIpc) is 2.86. The van der Waals surface area contributed by atoms with Gasteiger partial charge in [-0.05, 0) is 61.1 Å². The molecule has 1 aliphatic rings. The van der Waals surface area contributed by atoms with Crippen molar-refractivity contribution in [3.05, 3.63) is 59.4 Å². The molecule has 0 spiro atoms. The average molecular weight is 466 g/mol. The lowest BCUT2D eigenvalue weighted by atomic mass is 9.78. The Kier molecular flexibility index (Phi) is 10.4. The molecule has 1 saturated carbocycles. The fourth-order valence-electron chi connectivity index (χ4n) is 4.73. The summed E-state index contributed by atoms with van der Waals surface area (Å²) < 4.78 is 24.7. The van der Waals surface area contributed by atoms with E-state index in [1.54, 1.807) is 30.3 Å². The molecule has 0 unspecified atom stereocenters. The predicted octanol–water partition coefficient (Wildman–Crippen LogP) is 7.85. The Hall–Kier alpha value is -2.87. The minimum absolute atomic E-state index is 0.0624. The molecule has 5 heteroatoms. The van der Waals surface area contributed by atoms with Crippen LogP contribution in [0.5, 0.6) is 11.5 Å². The van der Waals surface area contributed by atoms with Crippen LogP contribution in [0.2, 0.25) is 0 Å². The second-order valence-corrected chi connectivity index (χ2v) is 9.39. The van der Waals surface area contributed by atoms with Crippen molar-refractivity contribution in [3.8, 4) is 17.6 Å². The van der Waals surface area contributed by atoms with E-state index < -0.39 is 11.8 Å². The zero-order valence-electron chi connectivity index (χ0n) is 20.2. The van der Waals surface area contributed by atoms with Crippen LogP contribution < -0.4 is 9.47 Å². The van der Waals surface area contributed by atoms with Gasteiger partial charge in [-0.3, -0.25) is 0 Å². The number of esters is 1. The molecule has 0 atom stereocenters. The van der Waals surface area contributed by atoms with Crippen LogP contribution in [-0.4, -0.2) is 12.6 Å². The van der Waals surface area contributed by atoms with Gasteiger partial charge in [-0.1, -0.05) is 64.7 Å². The first-order valence-electron chi connectivity index (χ1n) is 12.7. The molecule has 0 N–H and O–H groups in total. The Morgan fingerprint density at radius 3 is 2.21 bits per heavy atom. The molecule has 1 aliphatic carbocycles. The Balaban J connectivity index is 1.33. The molecule has 0 amide bonds. The topological polar surface area (TPSA) is 59.3 Å². The highest BCUT2D eigenvalue weighted by atomic mass is 19.1. The van der Waals surface area contributed by atoms with Crippen LogP contribution in [0, 0.1) is 29.0 Å². The molecule has 0 heterocycles. The van der Waals surface area contributed by atoms with Gasteiger partial charge in [-0.15, -0.1) is 0 Å². The second kappa shape index (κ2) is 13.7. The highest BCUT2D eigenvalue weighted by molar-refractivity contribution is 5.91. The molecule has 0 saturated heterocycles. The summed E-state index contributed by atoms with van der Waals surface area (Å²) in [4.78, 5) is 12.3. The van der Waals surface area contributed by atoms with Crippen LogP contribution in [0.15, 0.2) is 42.5 Å². The van der Waals surface area contributed by atoms with Gasteiger partial charge < -0.3 is 9.47 Å². The van der Waals surface area contributed by atoms with Crippen LogP contribution >= 0.6 is 0 Å². The minimum atomic E-state index is -0.716. The number of halogens is 1. The van der Waals surface area contributed by atoms with E-state index in [4.69, 9.17) is 14.7 Å². The molecule has 4 nitrogen and oxygen atoms in total. The zero-order chi connectivity index (χ0) is 24.2. The smallest absolute Gasteiger partial charge is 0.343 e.